The van der Waals surface area contributed by atoms with Crippen LogP contribution in [0.1, 0.15) is 16.8 Å². The van der Waals surface area contributed by atoms with E-state index in [1.807, 2.05) is 54.6 Å². The van der Waals surface area contributed by atoms with Gasteiger partial charge < -0.3 is 9.47 Å². The number of benzene rings is 2. The second-order valence-corrected chi connectivity index (χ2v) is 6.86. The van der Waals surface area contributed by atoms with Crippen molar-refractivity contribution in [1.29, 1.82) is 0 Å². The van der Waals surface area contributed by atoms with Crippen LogP contribution in [-0.2, 0) is 13.0 Å². The summed E-state index contributed by atoms with van der Waals surface area (Å²) < 4.78 is 36.0. The maximum absolute atomic E-state index is 12.7. The standard InChI is InChI=1S/C25H20F2N2O2/c26-25(27)31-22-8-4-7-20(16-22)24-23(30-17-19-5-2-1-3-6-19)10-9-21(29-24)15-18-11-13-28-14-12-18/h1-14,16,25H,15,17H2. The number of nitrogens with zero attached hydrogens (tertiary/aromatic N) is 2. The Balaban J connectivity index is 1.67. The summed E-state index contributed by atoms with van der Waals surface area (Å²) in [4.78, 5) is 8.82. The Labute approximate surface area is 179 Å². The zero-order valence-electron chi connectivity index (χ0n) is 16.6. The van der Waals surface area contributed by atoms with E-state index < -0.39 is 6.61 Å². The third-order valence-corrected chi connectivity index (χ3v) is 4.62. The van der Waals surface area contributed by atoms with Gasteiger partial charge in [-0.05, 0) is 47.5 Å². The summed E-state index contributed by atoms with van der Waals surface area (Å²) in [6, 6.07) is 23.9. The molecule has 2 aromatic heterocycles. The third kappa shape index (κ3) is 5.63. The van der Waals surface area contributed by atoms with Gasteiger partial charge in [0.1, 0.15) is 23.8 Å². The monoisotopic (exact) mass is 418 g/mol. The Morgan fingerprint density at radius 3 is 2.39 bits per heavy atom. The summed E-state index contributed by atoms with van der Waals surface area (Å²) in [6.07, 6.45) is 4.08. The van der Waals surface area contributed by atoms with Crippen LogP contribution < -0.4 is 9.47 Å². The first-order valence-electron chi connectivity index (χ1n) is 9.78. The SMILES string of the molecule is FC(F)Oc1cccc(-c2nc(Cc3ccncc3)ccc2OCc2ccccc2)c1. The molecule has 0 atom stereocenters. The second-order valence-electron chi connectivity index (χ2n) is 6.86. The molecule has 0 spiro atoms. The highest BCUT2D eigenvalue weighted by atomic mass is 19.3. The molecule has 0 aliphatic carbocycles. The van der Waals surface area contributed by atoms with E-state index in [0.717, 1.165) is 16.8 Å². The molecule has 0 aliphatic heterocycles. The van der Waals surface area contributed by atoms with E-state index in [-0.39, 0.29) is 5.75 Å². The van der Waals surface area contributed by atoms with Gasteiger partial charge in [-0.2, -0.15) is 8.78 Å². The topological polar surface area (TPSA) is 44.2 Å². The van der Waals surface area contributed by atoms with Crippen LogP contribution in [-0.4, -0.2) is 16.6 Å². The van der Waals surface area contributed by atoms with Gasteiger partial charge in [0.15, 0.2) is 0 Å². The number of halogens is 2. The number of hydrogen-bond acceptors (Lipinski definition) is 4. The second kappa shape index (κ2) is 9.80. The van der Waals surface area contributed by atoms with Gasteiger partial charge in [-0.3, -0.25) is 4.98 Å². The lowest BCUT2D eigenvalue weighted by atomic mass is 10.1. The number of alkyl halides is 2. The number of rotatable bonds is 8. The zero-order chi connectivity index (χ0) is 21.5. The smallest absolute Gasteiger partial charge is 0.387 e. The average Bonchev–Trinajstić information content (AvgIpc) is 2.79. The molecule has 6 heteroatoms. The summed E-state index contributed by atoms with van der Waals surface area (Å²) in [7, 11) is 0. The molecule has 4 nitrogen and oxygen atoms in total. The minimum Gasteiger partial charge on any atom is -0.487 e. The molecule has 0 saturated heterocycles. The molecule has 156 valence electrons. The van der Waals surface area contributed by atoms with E-state index in [2.05, 4.69) is 9.72 Å². The highest BCUT2D eigenvalue weighted by molar-refractivity contribution is 5.68. The van der Waals surface area contributed by atoms with Crippen molar-refractivity contribution in [3.05, 3.63) is 108 Å². The highest BCUT2D eigenvalue weighted by Crippen LogP contribution is 2.32. The quantitative estimate of drug-likeness (QED) is 0.357. The fourth-order valence-corrected chi connectivity index (χ4v) is 3.17. The van der Waals surface area contributed by atoms with Gasteiger partial charge >= 0.3 is 6.61 Å². The van der Waals surface area contributed by atoms with Crippen molar-refractivity contribution in [3.8, 4) is 22.8 Å². The van der Waals surface area contributed by atoms with E-state index in [4.69, 9.17) is 9.72 Å². The Bertz CT molecular complexity index is 1120. The van der Waals surface area contributed by atoms with E-state index >= 15 is 0 Å². The van der Waals surface area contributed by atoms with Crippen LogP contribution in [0, 0.1) is 0 Å². The molecule has 0 radical (unpaired) electrons. The van der Waals surface area contributed by atoms with Crippen molar-refractivity contribution in [3.63, 3.8) is 0 Å². The van der Waals surface area contributed by atoms with E-state index in [1.165, 1.54) is 6.07 Å². The van der Waals surface area contributed by atoms with E-state index in [0.29, 0.717) is 30.0 Å². The summed E-state index contributed by atoms with van der Waals surface area (Å²) in [5, 5.41) is 0. The predicted molar refractivity (Wildman–Crippen MR) is 114 cm³/mol. The molecular formula is C25H20F2N2O2. The minimum absolute atomic E-state index is 0.0721. The van der Waals surface area contributed by atoms with Crippen molar-refractivity contribution in [2.24, 2.45) is 0 Å². The first kappa shape index (κ1) is 20.5. The van der Waals surface area contributed by atoms with Gasteiger partial charge in [0, 0.05) is 30.1 Å². The molecule has 31 heavy (non-hydrogen) atoms. The lowest BCUT2D eigenvalue weighted by molar-refractivity contribution is -0.0498. The van der Waals surface area contributed by atoms with Crippen molar-refractivity contribution < 1.29 is 18.3 Å². The van der Waals surface area contributed by atoms with Crippen LogP contribution >= 0.6 is 0 Å². The number of aromatic nitrogens is 2. The van der Waals surface area contributed by atoms with Crippen LogP contribution in [0.3, 0.4) is 0 Å². The van der Waals surface area contributed by atoms with Crippen LogP contribution in [0.4, 0.5) is 8.78 Å². The molecule has 0 fully saturated rings. The summed E-state index contributed by atoms with van der Waals surface area (Å²) in [5.74, 6) is 0.638. The van der Waals surface area contributed by atoms with Crippen molar-refractivity contribution in [2.75, 3.05) is 0 Å². The summed E-state index contributed by atoms with van der Waals surface area (Å²) in [6.45, 7) is -2.53. The normalized spacial score (nSPS) is 10.8. The summed E-state index contributed by atoms with van der Waals surface area (Å²) >= 11 is 0. The van der Waals surface area contributed by atoms with E-state index in [9.17, 15) is 8.78 Å². The number of pyridine rings is 2. The highest BCUT2D eigenvalue weighted by Gasteiger charge is 2.13. The van der Waals surface area contributed by atoms with Crippen LogP contribution in [0.15, 0.2) is 91.3 Å². The zero-order valence-corrected chi connectivity index (χ0v) is 16.6. The fourth-order valence-electron chi connectivity index (χ4n) is 3.17. The molecular weight excluding hydrogens is 398 g/mol. The van der Waals surface area contributed by atoms with Gasteiger partial charge in [0.25, 0.3) is 0 Å². The summed E-state index contributed by atoms with van der Waals surface area (Å²) in [5.41, 5.74) is 4.12. The first-order valence-corrected chi connectivity index (χ1v) is 9.78. The van der Waals surface area contributed by atoms with Crippen LogP contribution in [0.5, 0.6) is 11.5 Å². The predicted octanol–water partition coefficient (Wildman–Crippen LogP) is 5.91. The molecule has 0 bridgehead atoms. The third-order valence-electron chi connectivity index (χ3n) is 4.62. The molecule has 0 N–H and O–H groups in total. The van der Waals surface area contributed by atoms with Crippen molar-refractivity contribution >= 4 is 0 Å². The Morgan fingerprint density at radius 2 is 1.61 bits per heavy atom. The van der Waals surface area contributed by atoms with Gasteiger partial charge in [-0.15, -0.1) is 0 Å². The molecule has 0 amide bonds. The van der Waals surface area contributed by atoms with Crippen molar-refractivity contribution in [2.45, 2.75) is 19.6 Å². The van der Waals surface area contributed by atoms with Gasteiger partial charge in [0.05, 0.1) is 0 Å². The van der Waals surface area contributed by atoms with Crippen molar-refractivity contribution in [1.82, 2.24) is 9.97 Å². The Morgan fingerprint density at radius 1 is 0.806 bits per heavy atom. The van der Waals surface area contributed by atoms with Gasteiger partial charge in [-0.25, -0.2) is 4.98 Å². The maximum atomic E-state index is 12.7. The first-order chi connectivity index (χ1) is 15.2. The van der Waals surface area contributed by atoms with Gasteiger partial charge in [0.2, 0.25) is 0 Å². The molecule has 2 heterocycles. The Kier molecular flexibility index (Phi) is 6.47. The van der Waals surface area contributed by atoms with Crippen LogP contribution in [0.2, 0.25) is 0 Å². The van der Waals surface area contributed by atoms with Gasteiger partial charge in [-0.1, -0.05) is 42.5 Å². The molecule has 4 aromatic rings. The number of ether oxygens (including phenoxy) is 2. The lowest BCUT2D eigenvalue weighted by Gasteiger charge is -2.14. The minimum atomic E-state index is -2.89. The molecule has 0 aliphatic rings. The largest absolute Gasteiger partial charge is 0.487 e. The van der Waals surface area contributed by atoms with Crippen LogP contribution in [0.25, 0.3) is 11.3 Å². The molecule has 4 rings (SSSR count). The molecule has 0 unspecified atom stereocenters. The molecule has 0 saturated carbocycles. The maximum Gasteiger partial charge on any atom is 0.387 e. The average molecular weight is 418 g/mol. The number of hydrogen-bond donors (Lipinski definition) is 0. The fraction of sp³-hybridized carbons (Fsp3) is 0.120. The van der Waals surface area contributed by atoms with E-state index in [1.54, 1.807) is 30.6 Å². The Hall–Kier alpha value is -3.80. The lowest BCUT2D eigenvalue weighted by Crippen LogP contribution is -2.03. The molecule has 2 aromatic carbocycles.